The summed E-state index contributed by atoms with van der Waals surface area (Å²) in [5.74, 6) is -3.96. The summed E-state index contributed by atoms with van der Waals surface area (Å²) in [6.07, 6.45) is -0.864. The Morgan fingerprint density at radius 1 is 0.438 bits per heavy atom. The summed E-state index contributed by atoms with van der Waals surface area (Å²) in [4.78, 5) is 87.0. The number of rotatable bonds is 12. The van der Waals surface area contributed by atoms with E-state index in [0.29, 0.717) is 12.8 Å². The van der Waals surface area contributed by atoms with Crippen LogP contribution in [0.4, 0.5) is 9.59 Å². The second kappa shape index (κ2) is 16.9. The molecule has 4 aromatic rings. The SMILES string of the molecule is CCCOC(=O)Oc1ccccc1C(=O)c1ccccc1C(=O)OOC(=O)c1ccccc1C(=O)c1ccccc1OC(=O)OCCC. The van der Waals surface area contributed by atoms with Crippen molar-refractivity contribution in [3.8, 4) is 11.5 Å². The van der Waals surface area contributed by atoms with E-state index in [2.05, 4.69) is 0 Å². The van der Waals surface area contributed by atoms with E-state index in [9.17, 15) is 28.8 Å². The van der Waals surface area contributed by atoms with Gasteiger partial charge < -0.3 is 18.9 Å². The molecule has 0 fully saturated rings. The first-order valence-electron chi connectivity index (χ1n) is 14.8. The summed E-state index contributed by atoms with van der Waals surface area (Å²) >= 11 is 0. The summed E-state index contributed by atoms with van der Waals surface area (Å²) in [6, 6.07) is 23.0. The van der Waals surface area contributed by atoms with Gasteiger partial charge >= 0.3 is 24.2 Å². The molecule has 12 heteroatoms. The molecule has 0 aliphatic heterocycles. The smallest absolute Gasteiger partial charge is 0.434 e. The third kappa shape index (κ3) is 8.69. The van der Waals surface area contributed by atoms with Gasteiger partial charge in [-0.25, -0.2) is 29.0 Å². The fourth-order valence-electron chi connectivity index (χ4n) is 4.27. The molecule has 0 aliphatic rings. The summed E-state index contributed by atoms with van der Waals surface area (Å²) in [7, 11) is 0. The van der Waals surface area contributed by atoms with Crippen LogP contribution in [0.2, 0.25) is 0 Å². The van der Waals surface area contributed by atoms with Crippen molar-refractivity contribution in [1.29, 1.82) is 0 Å². The van der Waals surface area contributed by atoms with Gasteiger partial charge in [0.1, 0.15) is 11.5 Å². The first kappa shape index (κ1) is 34.6. The van der Waals surface area contributed by atoms with Crippen molar-refractivity contribution in [2.24, 2.45) is 0 Å². The molecule has 246 valence electrons. The zero-order chi connectivity index (χ0) is 34.5. The van der Waals surface area contributed by atoms with Crippen LogP contribution in [0, 0.1) is 0 Å². The molecule has 0 aromatic heterocycles. The van der Waals surface area contributed by atoms with Gasteiger partial charge in [-0.1, -0.05) is 74.5 Å². The molecule has 0 radical (unpaired) electrons. The number of carbonyl (C=O) groups is 6. The molecule has 0 saturated carbocycles. The summed E-state index contributed by atoms with van der Waals surface area (Å²) in [6.45, 7) is 3.86. The second-order valence-electron chi connectivity index (χ2n) is 9.88. The molecule has 0 bridgehead atoms. The highest BCUT2D eigenvalue weighted by Gasteiger charge is 2.27. The Hall–Kier alpha value is -6.30. The van der Waals surface area contributed by atoms with Crippen molar-refractivity contribution >= 4 is 35.8 Å². The van der Waals surface area contributed by atoms with Crippen LogP contribution in [0.1, 0.15) is 79.2 Å². The molecular formula is C36H30O12. The topological polar surface area (TPSA) is 158 Å². The van der Waals surface area contributed by atoms with Gasteiger partial charge in [0.05, 0.1) is 35.5 Å². The van der Waals surface area contributed by atoms with Crippen LogP contribution in [0.15, 0.2) is 97.1 Å². The average Bonchev–Trinajstić information content (AvgIpc) is 3.11. The van der Waals surface area contributed by atoms with Crippen molar-refractivity contribution in [2.75, 3.05) is 13.2 Å². The van der Waals surface area contributed by atoms with E-state index in [1.807, 2.05) is 13.8 Å². The Kier molecular flexibility index (Phi) is 12.1. The molecule has 0 unspecified atom stereocenters. The fraction of sp³-hybridized carbons (Fsp3) is 0.167. The van der Waals surface area contributed by atoms with Crippen molar-refractivity contribution in [2.45, 2.75) is 26.7 Å². The van der Waals surface area contributed by atoms with Crippen LogP contribution < -0.4 is 9.47 Å². The number of ketones is 2. The standard InChI is InChI=1S/C36H30O12/c1-3-21-43-35(41)45-29-19-11-9-17-27(29)31(37)23-13-5-7-15-25(23)33(39)47-48-34(40)26-16-8-6-14-24(26)32(38)28-18-10-12-20-30(28)46-36(42)44-22-4-2/h5-20H,3-4,21-22H2,1-2H3. The molecule has 0 aliphatic carbocycles. The predicted octanol–water partition coefficient (Wildman–Crippen LogP) is 6.93. The maximum absolute atomic E-state index is 13.5. The van der Waals surface area contributed by atoms with Gasteiger partial charge in [-0.2, -0.15) is 0 Å². The highest BCUT2D eigenvalue weighted by molar-refractivity contribution is 6.17. The molecule has 0 saturated heterocycles. The first-order valence-corrected chi connectivity index (χ1v) is 14.8. The number of benzene rings is 4. The first-order chi connectivity index (χ1) is 23.2. The predicted molar refractivity (Wildman–Crippen MR) is 168 cm³/mol. The minimum atomic E-state index is -1.19. The number of hydrogen-bond donors (Lipinski definition) is 0. The average molecular weight is 655 g/mol. The van der Waals surface area contributed by atoms with E-state index in [4.69, 9.17) is 28.7 Å². The molecule has 0 N–H and O–H groups in total. The molecule has 0 heterocycles. The van der Waals surface area contributed by atoms with Crippen LogP contribution in [0.25, 0.3) is 0 Å². The van der Waals surface area contributed by atoms with Crippen molar-refractivity contribution in [1.82, 2.24) is 0 Å². The van der Waals surface area contributed by atoms with E-state index in [-0.39, 0.29) is 58.1 Å². The maximum Gasteiger partial charge on any atom is 0.513 e. The third-order valence-electron chi connectivity index (χ3n) is 6.47. The molecule has 0 atom stereocenters. The largest absolute Gasteiger partial charge is 0.513 e. The summed E-state index contributed by atoms with van der Waals surface area (Å²) < 4.78 is 20.3. The van der Waals surface area contributed by atoms with E-state index < -0.39 is 35.8 Å². The molecule has 48 heavy (non-hydrogen) atoms. The zero-order valence-corrected chi connectivity index (χ0v) is 26.0. The molecule has 0 spiro atoms. The molecule has 4 rings (SSSR count). The van der Waals surface area contributed by atoms with E-state index in [1.165, 1.54) is 72.8 Å². The van der Waals surface area contributed by atoms with E-state index >= 15 is 0 Å². The van der Waals surface area contributed by atoms with Gasteiger partial charge in [-0.3, -0.25) is 9.59 Å². The van der Waals surface area contributed by atoms with Gasteiger partial charge in [-0.05, 0) is 49.2 Å². The van der Waals surface area contributed by atoms with E-state index in [0.717, 1.165) is 0 Å². The Labute approximate surface area is 275 Å². The van der Waals surface area contributed by atoms with Gasteiger partial charge in [0.2, 0.25) is 0 Å². The van der Waals surface area contributed by atoms with Crippen molar-refractivity contribution in [3.63, 3.8) is 0 Å². The monoisotopic (exact) mass is 654 g/mol. The van der Waals surface area contributed by atoms with Crippen LogP contribution in [-0.2, 0) is 19.2 Å². The highest BCUT2D eigenvalue weighted by Crippen LogP contribution is 2.26. The van der Waals surface area contributed by atoms with Crippen LogP contribution in [0.5, 0.6) is 11.5 Å². The number of ether oxygens (including phenoxy) is 4. The molecule has 4 aromatic carbocycles. The van der Waals surface area contributed by atoms with Crippen molar-refractivity contribution in [3.05, 3.63) is 130 Å². The Balaban J connectivity index is 1.51. The maximum atomic E-state index is 13.5. The number of carbonyl (C=O) groups excluding carboxylic acids is 6. The molecule has 0 amide bonds. The Bertz CT molecular complexity index is 1690. The van der Waals surface area contributed by atoms with Crippen LogP contribution in [-0.4, -0.2) is 49.0 Å². The lowest BCUT2D eigenvalue weighted by Crippen LogP contribution is -2.18. The minimum Gasteiger partial charge on any atom is -0.434 e. The summed E-state index contributed by atoms with van der Waals surface area (Å²) in [5, 5.41) is 0. The fourth-order valence-corrected chi connectivity index (χ4v) is 4.27. The van der Waals surface area contributed by atoms with Crippen LogP contribution in [0.3, 0.4) is 0 Å². The minimum absolute atomic E-state index is 0.0430. The lowest BCUT2D eigenvalue weighted by Gasteiger charge is -2.12. The van der Waals surface area contributed by atoms with Gasteiger partial charge in [0.15, 0.2) is 11.6 Å². The lowest BCUT2D eigenvalue weighted by molar-refractivity contribution is -0.187. The molecular weight excluding hydrogens is 624 g/mol. The normalized spacial score (nSPS) is 10.3. The molecule has 12 nitrogen and oxygen atoms in total. The Morgan fingerprint density at radius 3 is 1.10 bits per heavy atom. The zero-order valence-electron chi connectivity index (χ0n) is 26.0. The number of para-hydroxylation sites is 2. The Morgan fingerprint density at radius 2 is 0.750 bits per heavy atom. The van der Waals surface area contributed by atoms with E-state index in [1.54, 1.807) is 24.3 Å². The summed E-state index contributed by atoms with van der Waals surface area (Å²) in [5.41, 5.74) is -0.882. The van der Waals surface area contributed by atoms with Crippen molar-refractivity contribution < 1.29 is 57.5 Å². The van der Waals surface area contributed by atoms with Crippen LogP contribution >= 0.6 is 0 Å². The highest BCUT2D eigenvalue weighted by atomic mass is 17.2. The quantitative estimate of drug-likeness (QED) is 0.0511. The number of hydrogen-bond acceptors (Lipinski definition) is 12. The van der Waals surface area contributed by atoms with Gasteiger partial charge in [0.25, 0.3) is 0 Å². The van der Waals surface area contributed by atoms with Gasteiger partial charge in [-0.15, -0.1) is 0 Å². The second-order valence-corrected chi connectivity index (χ2v) is 9.88. The lowest BCUT2D eigenvalue weighted by atomic mass is 9.97. The third-order valence-corrected chi connectivity index (χ3v) is 6.47. The van der Waals surface area contributed by atoms with Gasteiger partial charge in [0, 0.05) is 11.1 Å².